The molecule has 0 unspecified atom stereocenters. The molecule has 1 fully saturated rings. The predicted molar refractivity (Wildman–Crippen MR) is 150 cm³/mol. The maximum atomic E-state index is 13.0. The predicted octanol–water partition coefficient (Wildman–Crippen LogP) is 6.63. The fourth-order valence-electron chi connectivity index (χ4n) is 3.27. The zero-order valence-corrected chi connectivity index (χ0v) is 23.0. The number of thioether (sulfide) groups is 1. The summed E-state index contributed by atoms with van der Waals surface area (Å²) in [4.78, 5) is 25.9. The third-order valence-corrected chi connectivity index (χ3v) is 7.16. The lowest BCUT2D eigenvalue weighted by Crippen LogP contribution is -2.44. The average molecular weight is 604 g/mol. The Morgan fingerprint density at radius 1 is 1.11 bits per heavy atom. The lowest BCUT2D eigenvalue weighted by atomic mass is 10.1. The zero-order chi connectivity index (χ0) is 25.7. The molecule has 1 N–H and O–H groups in total. The van der Waals surface area contributed by atoms with E-state index in [-0.39, 0.29) is 14.9 Å². The van der Waals surface area contributed by atoms with Crippen LogP contribution in [0, 0.1) is 0 Å². The van der Waals surface area contributed by atoms with Crippen LogP contribution in [-0.2, 0) is 11.4 Å². The third-order valence-electron chi connectivity index (χ3n) is 5.00. The maximum Gasteiger partial charge on any atom is 0.285 e. The minimum atomic E-state index is -0.524. The van der Waals surface area contributed by atoms with Crippen LogP contribution in [0.15, 0.2) is 76.1 Å². The van der Waals surface area contributed by atoms with Crippen molar-refractivity contribution in [1.29, 1.82) is 0 Å². The Bertz CT molecular complexity index is 1350. The largest absolute Gasteiger partial charge is 0.490 e. The van der Waals surface area contributed by atoms with Gasteiger partial charge in [-0.15, -0.1) is 0 Å². The summed E-state index contributed by atoms with van der Waals surface area (Å²) in [7, 11) is 0. The summed E-state index contributed by atoms with van der Waals surface area (Å²) in [6.07, 6.45) is 1.70. The molecule has 3 aromatic rings. The van der Waals surface area contributed by atoms with Gasteiger partial charge in [0.25, 0.3) is 11.8 Å². The molecule has 0 aliphatic carbocycles. The highest BCUT2D eigenvalue weighted by atomic mass is 79.9. The molecule has 4 rings (SSSR count). The van der Waals surface area contributed by atoms with Crippen molar-refractivity contribution in [1.82, 2.24) is 10.4 Å². The second-order valence-corrected chi connectivity index (χ2v) is 10.5. The summed E-state index contributed by atoms with van der Waals surface area (Å²) < 4.78 is 13.0. The van der Waals surface area contributed by atoms with Crippen LogP contribution >= 0.6 is 51.5 Å². The fourth-order valence-corrected chi connectivity index (χ4v) is 4.93. The number of hydrazine groups is 1. The fraction of sp³-hybridized carbons (Fsp3) is 0.115. The standard InChI is InChI=1S/C26H20BrClN2O4S2/c1-2-33-22-13-17(9-12-21(22)34-15-16-7-10-18(27)11-8-16)14-23-25(32)30(26(35)36-23)29-24(31)19-5-3-4-6-20(19)28/h3-14H,2,15H2,1H3,(H,29,31)/b23-14+. The van der Waals surface area contributed by atoms with Crippen LogP contribution in [0.4, 0.5) is 0 Å². The van der Waals surface area contributed by atoms with E-state index in [0.717, 1.165) is 32.4 Å². The molecule has 0 radical (unpaired) electrons. The van der Waals surface area contributed by atoms with Crippen molar-refractivity contribution in [3.63, 3.8) is 0 Å². The number of hydrogen-bond acceptors (Lipinski definition) is 6. The van der Waals surface area contributed by atoms with Crippen molar-refractivity contribution in [3.8, 4) is 11.5 Å². The van der Waals surface area contributed by atoms with E-state index in [4.69, 9.17) is 33.3 Å². The minimum Gasteiger partial charge on any atom is -0.490 e. The number of carbonyl (C=O) groups is 2. The van der Waals surface area contributed by atoms with Crippen molar-refractivity contribution in [3.05, 3.63) is 97.8 Å². The Morgan fingerprint density at radius 2 is 1.86 bits per heavy atom. The van der Waals surface area contributed by atoms with Gasteiger partial charge < -0.3 is 9.47 Å². The van der Waals surface area contributed by atoms with E-state index in [1.54, 1.807) is 42.5 Å². The highest BCUT2D eigenvalue weighted by molar-refractivity contribution is 9.10. The average Bonchev–Trinajstić information content (AvgIpc) is 3.12. The Labute approximate surface area is 231 Å². The van der Waals surface area contributed by atoms with Crippen LogP contribution in [-0.4, -0.2) is 27.8 Å². The van der Waals surface area contributed by atoms with Gasteiger partial charge in [0, 0.05) is 4.47 Å². The summed E-state index contributed by atoms with van der Waals surface area (Å²) in [5.41, 5.74) is 4.53. The van der Waals surface area contributed by atoms with E-state index in [0.29, 0.717) is 29.6 Å². The van der Waals surface area contributed by atoms with E-state index < -0.39 is 11.8 Å². The van der Waals surface area contributed by atoms with Gasteiger partial charge >= 0.3 is 0 Å². The second kappa shape index (κ2) is 11.9. The Hall–Kier alpha value is -2.85. The van der Waals surface area contributed by atoms with Crippen LogP contribution in [0.1, 0.15) is 28.4 Å². The molecule has 2 amide bonds. The molecule has 0 saturated carbocycles. The van der Waals surface area contributed by atoms with Gasteiger partial charge in [0.1, 0.15) is 6.61 Å². The number of ether oxygens (including phenoxy) is 2. The Morgan fingerprint density at radius 3 is 2.58 bits per heavy atom. The van der Waals surface area contributed by atoms with Gasteiger partial charge in [-0.25, -0.2) is 0 Å². The molecule has 1 aliphatic heterocycles. The number of thiocarbonyl (C=S) groups is 1. The second-order valence-electron chi connectivity index (χ2n) is 7.49. The molecule has 1 heterocycles. The smallest absolute Gasteiger partial charge is 0.285 e. The third kappa shape index (κ3) is 6.28. The van der Waals surface area contributed by atoms with Gasteiger partial charge in [-0.2, -0.15) is 5.01 Å². The number of nitrogens with zero attached hydrogens (tertiary/aromatic N) is 1. The number of rotatable bonds is 8. The Kier molecular flexibility index (Phi) is 8.68. The zero-order valence-electron chi connectivity index (χ0n) is 19.0. The first-order chi connectivity index (χ1) is 17.4. The van der Waals surface area contributed by atoms with Crippen molar-refractivity contribution in [2.75, 3.05) is 6.61 Å². The molecule has 1 aliphatic rings. The normalized spacial score (nSPS) is 14.3. The molecular formula is C26H20BrClN2O4S2. The maximum absolute atomic E-state index is 13.0. The summed E-state index contributed by atoms with van der Waals surface area (Å²) in [6.45, 7) is 2.72. The van der Waals surface area contributed by atoms with Gasteiger partial charge in [0.05, 0.1) is 22.1 Å². The number of amides is 2. The summed E-state index contributed by atoms with van der Waals surface area (Å²) in [5, 5.41) is 1.33. The minimum absolute atomic E-state index is 0.214. The number of hydrogen-bond donors (Lipinski definition) is 1. The van der Waals surface area contributed by atoms with Crippen molar-refractivity contribution in [2.24, 2.45) is 0 Å². The van der Waals surface area contributed by atoms with Crippen LogP contribution in [0.2, 0.25) is 5.02 Å². The Balaban J connectivity index is 1.49. The van der Waals surface area contributed by atoms with Gasteiger partial charge in [0.15, 0.2) is 15.8 Å². The lowest BCUT2D eigenvalue weighted by Gasteiger charge is -2.16. The van der Waals surface area contributed by atoms with Gasteiger partial charge in [-0.3, -0.25) is 15.0 Å². The molecule has 3 aromatic carbocycles. The van der Waals surface area contributed by atoms with Crippen LogP contribution < -0.4 is 14.9 Å². The monoisotopic (exact) mass is 602 g/mol. The van der Waals surface area contributed by atoms with Crippen molar-refractivity contribution < 1.29 is 19.1 Å². The SMILES string of the molecule is CCOc1cc(/C=C2/SC(=S)N(NC(=O)c3ccccc3Cl)C2=O)ccc1OCc1ccc(Br)cc1. The molecule has 0 atom stereocenters. The number of halogens is 2. The van der Waals surface area contributed by atoms with E-state index in [1.807, 2.05) is 37.3 Å². The molecule has 36 heavy (non-hydrogen) atoms. The summed E-state index contributed by atoms with van der Waals surface area (Å²) in [6, 6.07) is 19.9. The molecule has 0 aromatic heterocycles. The number of nitrogens with one attached hydrogen (secondary N) is 1. The molecule has 0 spiro atoms. The quantitative estimate of drug-likeness (QED) is 0.230. The highest BCUT2D eigenvalue weighted by Crippen LogP contribution is 2.34. The first-order valence-electron chi connectivity index (χ1n) is 10.8. The van der Waals surface area contributed by atoms with Crippen molar-refractivity contribution in [2.45, 2.75) is 13.5 Å². The molecule has 184 valence electrons. The summed E-state index contributed by atoms with van der Waals surface area (Å²) >= 11 is 15.9. The topological polar surface area (TPSA) is 67.9 Å². The molecular weight excluding hydrogens is 584 g/mol. The molecule has 6 nitrogen and oxygen atoms in total. The molecule has 10 heteroatoms. The van der Waals surface area contributed by atoms with Crippen LogP contribution in [0.5, 0.6) is 11.5 Å². The van der Waals surface area contributed by atoms with Gasteiger partial charge in [-0.1, -0.05) is 69.6 Å². The highest BCUT2D eigenvalue weighted by Gasteiger charge is 2.34. The number of carbonyl (C=O) groups excluding carboxylic acids is 2. The van der Waals surface area contributed by atoms with Gasteiger partial charge in [0.2, 0.25) is 0 Å². The van der Waals surface area contributed by atoms with E-state index in [1.165, 1.54) is 0 Å². The van der Waals surface area contributed by atoms with Crippen LogP contribution in [0.3, 0.4) is 0 Å². The first-order valence-corrected chi connectivity index (χ1v) is 13.2. The van der Waals surface area contributed by atoms with E-state index in [9.17, 15) is 9.59 Å². The first kappa shape index (κ1) is 26.2. The van der Waals surface area contributed by atoms with Gasteiger partial charge in [-0.05, 0) is 72.7 Å². The number of benzene rings is 3. The lowest BCUT2D eigenvalue weighted by molar-refractivity contribution is -0.123. The van der Waals surface area contributed by atoms with E-state index >= 15 is 0 Å². The van der Waals surface area contributed by atoms with Crippen LogP contribution in [0.25, 0.3) is 6.08 Å². The summed E-state index contributed by atoms with van der Waals surface area (Å²) in [5.74, 6) is 0.199. The molecule has 1 saturated heterocycles. The molecule has 0 bridgehead atoms. The van der Waals surface area contributed by atoms with E-state index in [2.05, 4.69) is 21.4 Å². The van der Waals surface area contributed by atoms with Crippen molar-refractivity contribution >= 4 is 73.7 Å².